The standard InChI is InChI=1S/C16H21NOS/c1-12(2)16(15-9-6-10-19-15)17-14-8-5-4-7-13(14)11-18-3/h4-10,12,16-17H,11H2,1-3H3. The van der Waals surface area contributed by atoms with Gasteiger partial charge in [-0.2, -0.15) is 0 Å². The molecule has 1 N–H and O–H groups in total. The fraction of sp³-hybridized carbons (Fsp3) is 0.375. The van der Waals surface area contributed by atoms with Crippen molar-refractivity contribution in [2.24, 2.45) is 5.92 Å². The smallest absolute Gasteiger partial charge is 0.0733 e. The molecular formula is C16H21NOS. The van der Waals surface area contributed by atoms with E-state index in [1.54, 1.807) is 18.4 Å². The lowest BCUT2D eigenvalue weighted by Gasteiger charge is -2.24. The largest absolute Gasteiger partial charge is 0.380 e. The zero-order valence-electron chi connectivity index (χ0n) is 11.7. The molecule has 0 spiro atoms. The summed E-state index contributed by atoms with van der Waals surface area (Å²) >= 11 is 1.80. The number of methoxy groups -OCH3 is 1. The number of hydrogen-bond donors (Lipinski definition) is 1. The molecule has 0 radical (unpaired) electrons. The first-order chi connectivity index (χ1) is 9.22. The molecule has 1 unspecified atom stereocenters. The van der Waals surface area contributed by atoms with Gasteiger partial charge in [-0.05, 0) is 23.4 Å². The molecule has 1 atom stereocenters. The summed E-state index contributed by atoms with van der Waals surface area (Å²) in [5, 5.41) is 5.80. The maximum atomic E-state index is 5.26. The van der Waals surface area contributed by atoms with Gasteiger partial charge in [-0.1, -0.05) is 38.1 Å². The molecule has 0 aliphatic rings. The van der Waals surface area contributed by atoms with Crippen LogP contribution in [-0.2, 0) is 11.3 Å². The van der Waals surface area contributed by atoms with Crippen LogP contribution in [0.5, 0.6) is 0 Å². The van der Waals surface area contributed by atoms with E-state index in [1.165, 1.54) is 10.4 Å². The molecule has 1 heterocycles. The molecule has 1 aromatic heterocycles. The summed E-state index contributed by atoms with van der Waals surface area (Å²) in [7, 11) is 1.73. The van der Waals surface area contributed by atoms with Crippen molar-refractivity contribution in [3.63, 3.8) is 0 Å². The Balaban J connectivity index is 2.22. The molecule has 2 rings (SSSR count). The number of hydrogen-bond acceptors (Lipinski definition) is 3. The molecule has 1 aromatic carbocycles. The molecular weight excluding hydrogens is 254 g/mol. The average Bonchev–Trinajstić information content (AvgIpc) is 2.91. The van der Waals surface area contributed by atoms with Crippen LogP contribution in [0.15, 0.2) is 41.8 Å². The number of thiophene rings is 1. The van der Waals surface area contributed by atoms with Gasteiger partial charge in [0.1, 0.15) is 0 Å². The quantitative estimate of drug-likeness (QED) is 0.824. The van der Waals surface area contributed by atoms with E-state index in [9.17, 15) is 0 Å². The summed E-state index contributed by atoms with van der Waals surface area (Å²) in [4.78, 5) is 1.38. The van der Waals surface area contributed by atoms with E-state index >= 15 is 0 Å². The second kappa shape index (κ2) is 6.73. The minimum absolute atomic E-state index is 0.345. The predicted molar refractivity (Wildman–Crippen MR) is 82.7 cm³/mol. The Morgan fingerprint density at radius 3 is 2.58 bits per heavy atom. The highest BCUT2D eigenvalue weighted by atomic mass is 32.1. The van der Waals surface area contributed by atoms with Crippen molar-refractivity contribution in [2.75, 3.05) is 12.4 Å². The average molecular weight is 275 g/mol. The summed E-state index contributed by atoms with van der Waals surface area (Å²) < 4.78 is 5.26. The number of nitrogens with one attached hydrogen (secondary N) is 1. The maximum absolute atomic E-state index is 5.26. The van der Waals surface area contributed by atoms with E-state index in [1.807, 2.05) is 0 Å². The molecule has 19 heavy (non-hydrogen) atoms. The monoisotopic (exact) mass is 275 g/mol. The van der Waals surface area contributed by atoms with E-state index in [0.717, 1.165) is 5.69 Å². The van der Waals surface area contributed by atoms with Crippen molar-refractivity contribution in [3.8, 4) is 0 Å². The SMILES string of the molecule is COCc1ccccc1NC(c1cccs1)C(C)C. The maximum Gasteiger partial charge on any atom is 0.0733 e. The van der Waals surface area contributed by atoms with Crippen LogP contribution in [0.3, 0.4) is 0 Å². The number of benzene rings is 1. The van der Waals surface area contributed by atoms with Crippen molar-refractivity contribution >= 4 is 17.0 Å². The van der Waals surface area contributed by atoms with Gasteiger partial charge in [0.15, 0.2) is 0 Å². The Hall–Kier alpha value is -1.32. The molecule has 102 valence electrons. The fourth-order valence-electron chi connectivity index (χ4n) is 2.14. The van der Waals surface area contributed by atoms with Crippen LogP contribution in [0.25, 0.3) is 0 Å². The molecule has 0 saturated heterocycles. The minimum atomic E-state index is 0.345. The number of ether oxygens (including phenoxy) is 1. The van der Waals surface area contributed by atoms with Crippen LogP contribution >= 0.6 is 11.3 Å². The molecule has 2 aromatic rings. The van der Waals surface area contributed by atoms with E-state index < -0.39 is 0 Å². The van der Waals surface area contributed by atoms with Crippen LogP contribution in [-0.4, -0.2) is 7.11 Å². The van der Waals surface area contributed by atoms with Gasteiger partial charge in [-0.25, -0.2) is 0 Å². The van der Waals surface area contributed by atoms with Crippen LogP contribution in [0.2, 0.25) is 0 Å². The summed E-state index contributed by atoms with van der Waals surface area (Å²) in [5.74, 6) is 0.536. The van der Waals surface area contributed by atoms with Gasteiger partial charge in [-0.15, -0.1) is 11.3 Å². The van der Waals surface area contributed by atoms with Crippen molar-refractivity contribution < 1.29 is 4.74 Å². The summed E-state index contributed by atoms with van der Waals surface area (Å²) in [6, 6.07) is 13.0. The van der Waals surface area contributed by atoms with Gasteiger partial charge in [0, 0.05) is 23.2 Å². The summed E-state index contributed by atoms with van der Waals surface area (Å²) in [5.41, 5.74) is 2.36. The highest BCUT2D eigenvalue weighted by Crippen LogP contribution is 2.31. The third kappa shape index (κ3) is 3.58. The first-order valence-corrected chi connectivity index (χ1v) is 7.47. The molecule has 0 saturated carbocycles. The second-order valence-electron chi connectivity index (χ2n) is 4.97. The van der Waals surface area contributed by atoms with E-state index in [-0.39, 0.29) is 0 Å². The zero-order chi connectivity index (χ0) is 13.7. The van der Waals surface area contributed by atoms with Crippen molar-refractivity contribution in [1.29, 1.82) is 0 Å². The predicted octanol–water partition coefficient (Wildman–Crippen LogP) is 4.70. The lowest BCUT2D eigenvalue weighted by Crippen LogP contribution is -2.16. The highest BCUT2D eigenvalue weighted by Gasteiger charge is 2.17. The van der Waals surface area contributed by atoms with Crippen molar-refractivity contribution in [3.05, 3.63) is 52.2 Å². The first-order valence-electron chi connectivity index (χ1n) is 6.59. The van der Waals surface area contributed by atoms with Gasteiger partial charge in [0.2, 0.25) is 0 Å². The Morgan fingerprint density at radius 2 is 1.95 bits per heavy atom. The highest BCUT2D eigenvalue weighted by molar-refractivity contribution is 7.10. The molecule has 0 aliphatic heterocycles. The van der Waals surface area contributed by atoms with E-state index in [2.05, 4.69) is 60.9 Å². The van der Waals surface area contributed by atoms with Crippen LogP contribution in [0.4, 0.5) is 5.69 Å². The van der Waals surface area contributed by atoms with E-state index in [0.29, 0.717) is 18.6 Å². The number of rotatable bonds is 6. The zero-order valence-corrected chi connectivity index (χ0v) is 12.5. The molecule has 0 aliphatic carbocycles. The molecule has 2 nitrogen and oxygen atoms in total. The van der Waals surface area contributed by atoms with Gasteiger partial charge >= 0.3 is 0 Å². The Morgan fingerprint density at radius 1 is 1.16 bits per heavy atom. The number of anilines is 1. The fourth-order valence-corrected chi connectivity index (χ4v) is 3.09. The number of para-hydroxylation sites is 1. The van der Waals surface area contributed by atoms with Crippen LogP contribution in [0, 0.1) is 5.92 Å². The summed E-state index contributed by atoms with van der Waals surface area (Å²) in [6.45, 7) is 5.13. The third-order valence-corrected chi connectivity index (χ3v) is 4.10. The minimum Gasteiger partial charge on any atom is -0.380 e. The van der Waals surface area contributed by atoms with Gasteiger partial charge in [-0.3, -0.25) is 0 Å². The van der Waals surface area contributed by atoms with Gasteiger partial charge in [0.25, 0.3) is 0 Å². The molecule has 0 amide bonds. The van der Waals surface area contributed by atoms with Crippen molar-refractivity contribution in [1.82, 2.24) is 0 Å². The van der Waals surface area contributed by atoms with Crippen molar-refractivity contribution in [2.45, 2.75) is 26.5 Å². The first kappa shape index (κ1) is 14.1. The second-order valence-corrected chi connectivity index (χ2v) is 5.95. The van der Waals surface area contributed by atoms with Gasteiger partial charge < -0.3 is 10.1 Å². The topological polar surface area (TPSA) is 21.3 Å². The van der Waals surface area contributed by atoms with Crippen LogP contribution < -0.4 is 5.32 Å². The Kier molecular flexibility index (Phi) is 5.00. The lowest BCUT2D eigenvalue weighted by atomic mass is 10.0. The molecule has 3 heteroatoms. The molecule has 0 bridgehead atoms. The normalized spacial score (nSPS) is 12.6. The Labute approximate surface area is 119 Å². The van der Waals surface area contributed by atoms with Gasteiger partial charge in [0.05, 0.1) is 12.6 Å². The molecule has 0 fully saturated rings. The summed E-state index contributed by atoms with van der Waals surface area (Å²) in [6.07, 6.45) is 0. The third-order valence-electron chi connectivity index (χ3n) is 3.14. The lowest BCUT2D eigenvalue weighted by molar-refractivity contribution is 0.185. The Bertz CT molecular complexity index is 493. The van der Waals surface area contributed by atoms with E-state index in [4.69, 9.17) is 4.74 Å². The van der Waals surface area contributed by atoms with Crippen LogP contribution in [0.1, 0.15) is 30.3 Å².